The maximum absolute atomic E-state index is 11.3. The van der Waals surface area contributed by atoms with Crippen molar-refractivity contribution < 1.29 is 9.59 Å². The summed E-state index contributed by atoms with van der Waals surface area (Å²) >= 11 is 7.49. The third-order valence-electron chi connectivity index (χ3n) is 2.59. The number of carbonyl (C=O) groups is 2. The third-order valence-corrected chi connectivity index (χ3v) is 4.28. The molecular weight excluding hydrogens is 268 g/mol. The van der Waals surface area contributed by atoms with Gasteiger partial charge in [-0.15, -0.1) is 11.3 Å². The molecule has 18 heavy (non-hydrogen) atoms. The van der Waals surface area contributed by atoms with Crippen molar-refractivity contribution in [3.8, 4) is 10.4 Å². The molecule has 0 radical (unpaired) electrons. The lowest BCUT2D eigenvalue weighted by molar-refractivity contribution is 0.101. The van der Waals surface area contributed by atoms with Gasteiger partial charge in [-0.25, -0.2) is 0 Å². The lowest BCUT2D eigenvalue weighted by Gasteiger charge is -2.00. The van der Waals surface area contributed by atoms with Gasteiger partial charge in [0, 0.05) is 5.56 Å². The van der Waals surface area contributed by atoms with Gasteiger partial charge >= 0.3 is 0 Å². The predicted molar refractivity (Wildman–Crippen MR) is 74.8 cm³/mol. The molecule has 0 fully saturated rings. The van der Waals surface area contributed by atoms with E-state index in [2.05, 4.69) is 0 Å². The third kappa shape index (κ3) is 2.52. The topological polar surface area (TPSA) is 34.1 Å². The minimum atomic E-state index is 0.00788. The first kappa shape index (κ1) is 13.0. The molecule has 0 unspecified atom stereocenters. The van der Waals surface area contributed by atoms with Crippen LogP contribution < -0.4 is 0 Å². The maximum atomic E-state index is 11.3. The molecule has 0 saturated heterocycles. The molecule has 4 heteroatoms. The van der Waals surface area contributed by atoms with Crippen molar-refractivity contribution in [3.63, 3.8) is 0 Å². The summed E-state index contributed by atoms with van der Waals surface area (Å²) in [5.41, 5.74) is 1.58. The van der Waals surface area contributed by atoms with Crippen molar-refractivity contribution >= 4 is 34.5 Å². The second-order valence-corrected chi connectivity index (χ2v) is 5.44. The lowest BCUT2D eigenvalue weighted by atomic mass is 10.1. The van der Waals surface area contributed by atoms with Crippen LogP contribution in [-0.2, 0) is 0 Å². The minimum Gasteiger partial charge on any atom is -0.295 e. The van der Waals surface area contributed by atoms with Crippen LogP contribution in [0, 0.1) is 0 Å². The van der Waals surface area contributed by atoms with Gasteiger partial charge in [0.1, 0.15) is 0 Å². The summed E-state index contributed by atoms with van der Waals surface area (Å²) in [7, 11) is 0. The van der Waals surface area contributed by atoms with Crippen LogP contribution in [0.3, 0.4) is 0 Å². The first-order valence-corrected chi connectivity index (χ1v) is 6.60. The Bertz CT molecular complexity index is 611. The number of rotatable bonds is 3. The van der Waals surface area contributed by atoms with E-state index in [-0.39, 0.29) is 11.6 Å². The first-order valence-electron chi connectivity index (χ1n) is 5.40. The van der Waals surface area contributed by atoms with Gasteiger partial charge in [-0.3, -0.25) is 9.59 Å². The fourth-order valence-electron chi connectivity index (χ4n) is 1.60. The summed E-state index contributed by atoms with van der Waals surface area (Å²) in [5, 5.41) is 0.570. The Morgan fingerprint density at radius 1 is 1.06 bits per heavy atom. The van der Waals surface area contributed by atoms with E-state index in [1.54, 1.807) is 18.2 Å². The standard InChI is InChI=1S/C14H11ClO2S/c1-8(16)10-3-5-11(6-4-10)14-12(15)7-13(18-14)9(2)17/h3-7H,1-2H3. The second-order valence-electron chi connectivity index (χ2n) is 3.98. The van der Waals surface area contributed by atoms with E-state index in [0.717, 1.165) is 10.4 Å². The van der Waals surface area contributed by atoms with Crippen molar-refractivity contribution in [1.29, 1.82) is 0 Å². The van der Waals surface area contributed by atoms with Crippen LogP contribution in [0.5, 0.6) is 0 Å². The van der Waals surface area contributed by atoms with E-state index >= 15 is 0 Å². The van der Waals surface area contributed by atoms with Gasteiger partial charge < -0.3 is 0 Å². The number of halogens is 1. The highest BCUT2D eigenvalue weighted by Gasteiger charge is 2.12. The number of thiophene rings is 1. The fraction of sp³-hybridized carbons (Fsp3) is 0.143. The van der Waals surface area contributed by atoms with Crippen LogP contribution >= 0.6 is 22.9 Å². The van der Waals surface area contributed by atoms with E-state index < -0.39 is 0 Å². The fourth-order valence-corrected chi connectivity index (χ4v) is 2.94. The Morgan fingerprint density at radius 2 is 1.67 bits per heavy atom. The molecule has 0 spiro atoms. The summed E-state index contributed by atoms with van der Waals surface area (Å²) < 4.78 is 0. The average molecular weight is 279 g/mol. The monoisotopic (exact) mass is 278 g/mol. The van der Waals surface area contributed by atoms with Crippen molar-refractivity contribution in [3.05, 3.63) is 45.8 Å². The molecule has 2 aromatic rings. The molecule has 92 valence electrons. The Balaban J connectivity index is 2.42. The highest BCUT2D eigenvalue weighted by Crippen LogP contribution is 2.36. The van der Waals surface area contributed by atoms with Gasteiger partial charge in [-0.1, -0.05) is 35.9 Å². The van der Waals surface area contributed by atoms with Crippen LogP contribution in [0.4, 0.5) is 0 Å². The normalized spacial score (nSPS) is 10.4. The summed E-state index contributed by atoms with van der Waals surface area (Å²) in [4.78, 5) is 24.0. The average Bonchev–Trinajstić information content (AvgIpc) is 2.71. The molecule has 0 aliphatic heterocycles. The molecule has 0 aliphatic carbocycles. The molecule has 0 N–H and O–H groups in total. The van der Waals surface area contributed by atoms with Gasteiger partial charge in [0.2, 0.25) is 0 Å². The molecule has 0 bridgehead atoms. The zero-order valence-electron chi connectivity index (χ0n) is 9.99. The molecule has 0 saturated carbocycles. The zero-order chi connectivity index (χ0) is 13.3. The van der Waals surface area contributed by atoms with Crippen LogP contribution in [0.2, 0.25) is 5.02 Å². The minimum absolute atomic E-state index is 0.00788. The van der Waals surface area contributed by atoms with Crippen molar-refractivity contribution in [2.75, 3.05) is 0 Å². The SMILES string of the molecule is CC(=O)c1ccc(-c2sc(C(C)=O)cc2Cl)cc1. The van der Waals surface area contributed by atoms with Crippen LogP contribution in [0.15, 0.2) is 30.3 Å². The van der Waals surface area contributed by atoms with E-state index in [4.69, 9.17) is 11.6 Å². The molecule has 0 atom stereocenters. The Hall–Kier alpha value is -1.45. The Morgan fingerprint density at radius 3 is 2.11 bits per heavy atom. The van der Waals surface area contributed by atoms with Crippen molar-refractivity contribution in [2.24, 2.45) is 0 Å². The number of Topliss-reactive ketones (excluding diaryl/α,β-unsaturated/α-hetero) is 2. The van der Waals surface area contributed by atoms with Gasteiger partial charge in [-0.05, 0) is 25.5 Å². The summed E-state index contributed by atoms with van der Waals surface area (Å²) in [6, 6.07) is 8.90. The van der Waals surface area contributed by atoms with Gasteiger partial charge in [0.05, 0.1) is 14.8 Å². The van der Waals surface area contributed by atoms with Crippen molar-refractivity contribution in [1.82, 2.24) is 0 Å². The first-order chi connectivity index (χ1) is 8.49. The summed E-state index contributed by atoms with van der Waals surface area (Å²) in [5.74, 6) is 0.0387. The van der Waals surface area contributed by atoms with Gasteiger partial charge in [0.25, 0.3) is 0 Å². The molecule has 1 heterocycles. The van der Waals surface area contributed by atoms with Gasteiger partial charge in [0.15, 0.2) is 11.6 Å². The van der Waals surface area contributed by atoms with Crippen molar-refractivity contribution in [2.45, 2.75) is 13.8 Å². The smallest absolute Gasteiger partial charge is 0.169 e. The molecule has 2 nitrogen and oxygen atoms in total. The second kappa shape index (κ2) is 5.04. The van der Waals surface area contributed by atoms with Gasteiger partial charge in [-0.2, -0.15) is 0 Å². The molecular formula is C14H11ClO2S. The Labute approximate surface area is 114 Å². The van der Waals surface area contributed by atoms with E-state index in [0.29, 0.717) is 15.5 Å². The van der Waals surface area contributed by atoms with Crippen LogP contribution in [-0.4, -0.2) is 11.6 Å². The summed E-state index contributed by atoms with van der Waals surface area (Å²) in [6.45, 7) is 3.05. The highest BCUT2D eigenvalue weighted by molar-refractivity contribution is 7.18. The van der Waals surface area contributed by atoms with E-state index in [9.17, 15) is 9.59 Å². The maximum Gasteiger partial charge on any atom is 0.169 e. The zero-order valence-corrected chi connectivity index (χ0v) is 11.6. The predicted octanol–water partition coefficient (Wildman–Crippen LogP) is 4.47. The Kier molecular flexibility index (Phi) is 3.64. The number of ketones is 2. The molecule has 1 aromatic carbocycles. The van der Waals surface area contributed by atoms with E-state index in [1.807, 2.05) is 12.1 Å². The molecule has 2 rings (SSSR count). The largest absolute Gasteiger partial charge is 0.295 e. The number of hydrogen-bond donors (Lipinski definition) is 0. The number of carbonyl (C=O) groups excluding carboxylic acids is 2. The lowest BCUT2D eigenvalue weighted by Crippen LogP contribution is -1.90. The van der Waals surface area contributed by atoms with Crippen LogP contribution in [0.25, 0.3) is 10.4 Å². The highest BCUT2D eigenvalue weighted by atomic mass is 35.5. The molecule has 0 amide bonds. The number of benzene rings is 1. The number of hydrogen-bond acceptors (Lipinski definition) is 3. The van der Waals surface area contributed by atoms with Crippen LogP contribution in [0.1, 0.15) is 33.9 Å². The molecule has 1 aromatic heterocycles. The molecule has 0 aliphatic rings. The summed E-state index contributed by atoms with van der Waals surface area (Å²) in [6.07, 6.45) is 0. The van der Waals surface area contributed by atoms with E-state index in [1.165, 1.54) is 25.2 Å². The quantitative estimate of drug-likeness (QED) is 0.776.